The standard InChI is InChI=1S/C23H40N6O2/c1-7-27-8-10-28(11-9-27)15-17(2)13-24-22(31)19-12-20(30)29(23(3,4)5)21(19)18-14-25-26(6)16-18/h14,16-17,19,21H,7-13,15H2,1-6H3,(H,24,31)/t17-,19-,21-/m1/s1. The van der Waals surface area contributed by atoms with E-state index < -0.39 is 5.92 Å². The average molecular weight is 433 g/mol. The normalized spacial score (nSPS) is 24.6. The van der Waals surface area contributed by atoms with Gasteiger partial charge in [0.15, 0.2) is 0 Å². The zero-order valence-corrected chi connectivity index (χ0v) is 20.1. The number of aromatic nitrogens is 2. The van der Waals surface area contributed by atoms with Crippen molar-refractivity contribution >= 4 is 11.8 Å². The summed E-state index contributed by atoms with van der Waals surface area (Å²) in [5.41, 5.74) is 0.561. The Morgan fingerprint density at radius 2 is 1.87 bits per heavy atom. The van der Waals surface area contributed by atoms with E-state index in [1.54, 1.807) is 10.9 Å². The number of nitrogens with one attached hydrogen (secondary N) is 1. The Morgan fingerprint density at radius 3 is 2.42 bits per heavy atom. The summed E-state index contributed by atoms with van der Waals surface area (Å²) >= 11 is 0. The predicted octanol–water partition coefficient (Wildman–Crippen LogP) is 1.50. The Balaban J connectivity index is 1.61. The molecule has 174 valence electrons. The molecule has 1 aromatic heterocycles. The number of carbonyl (C=O) groups excluding carboxylic acids is 2. The van der Waals surface area contributed by atoms with Gasteiger partial charge in [0.1, 0.15) is 0 Å². The van der Waals surface area contributed by atoms with Crippen molar-refractivity contribution in [2.75, 3.05) is 45.8 Å². The van der Waals surface area contributed by atoms with E-state index in [-0.39, 0.29) is 29.8 Å². The van der Waals surface area contributed by atoms with Crippen LogP contribution in [0.2, 0.25) is 0 Å². The number of likely N-dealkylation sites (tertiary alicyclic amines) is 1. The second-order valence-electron chi connectivity index (χ2n) is 10.2. The van der Waals surface area contributed by atoms with Crippen LogP contribution in [0.15, 0.2) is 12.4 Å². The maximum Gasteiger partial charge on any atom is 0.226 e. The molecule has 31 heavy (non-hydrogen) atoms. The first-order valence-electron chi connectivity index (χ1n) is 11.6. The van der Waals surface area contributed by atoms with Crippen molar-refractivity contribution in [1.82, 2.24) is 29.8 Å². The average Bonchev–Trinajstić information content (AvgIpc) is 3.29. The molecule has 3 atom stereocenters. The van der Waals surface area contributed by atoms with E-state index in [0.29, 0.717) is 12.5 Å². The molecule has 2 aliphatic rings. The molecule has 0 unspecified atom stereocenters. The summed E-state index contributed by atoms with van der Waals surface area (Å²) in [5.74, 6) is -0.0269. The number of piperazine rings is 1. The van der Waals surface area contributed by atoms with Crippen LogP contribution < -0.4 is 5.32 Å². The predicted molar refractivity (Wildman–Crippen MR) is 121 cm³/mol. The lowest BCUT2D eigenvalue weighted by Crippen LogP contribution is -2.48. The minimum atomic E-state index is -0.392. The molecular weight excluding hydrogens is 392 g/mol. The number of hydrogen-bond acceptors (Lipinski definition) is 5. The zero-order chi connectivity index (χ0) is 22.8. The molecule has 2 saturated heterocycles. The molecule has 8 heteroatoms. The second kappa shape index (κ2) is 9.69. The topological polar surface area (TPSA) is 73.7 Å². The van der Waals surface area contributed by atoms with Crippen molar-refractivity contribution in [2.24, 2.45) is 18.9 Å². The van der Waals surface area contributed by atoms with Crippen LogP contribution >= 0.6 is 0 Å². The van der Waals surface area contributed by atoms with E-state index >= 15 is 0 Å². The highest BCUT2D eigenvalue weighted by molar-refractivity contribution is 5.90. The molecule has 1 aromatic rings. The van der Waals surface area contributed by atoms with Crippen LogP contribution in [0.3, 0.4) is 0 Å². The van der Waals surface area contributed by atoms with E-state index in [4.69, 9.17) is 0 Å². The second-order valence-corrected chi connectivity index (χ2v) is 10.2. The number of hydrogen-bond donors (Lipinski definition) is 1. The van der Waals surface area contributed by atoms with E-state index in [1.807, 2.05) is 38.9 Å². The van der Waals surface area contributed by atoms with Crippen molar-refractivity contribution in [3.05, 3.63) is 18.0 Å². The number of rotatable bonds is 7. The molecular formula is C23H40N6O2. The lowest BCUT2D eigenvalue weighted by Gasteiger charge is -2.38. The van der Waals surface area contributed by atoms with Crippen LogP contribution in [0.4, 0.5) is 0 Å². The molecule has 3 rings (SSSR count). The highest BCUT2D eigenvalue weighted by Gasteiger charge is 2.48. The summed E-state index contributed by atoms with van der Waals surface area (Å²) in [4.78, 5) is 32.9. The first-order valence-corrected chi connectivity index (χ1v) is 11.6. The van der Waals surface area contributed by atoms with Gasteiger partial charge in [-0.2, -0.15) is 5.10 Å². The SMILES string of the molecule is CCN1CCN(C[C@H](C)CNC(=O)[C@@H]2CC(=O)N(C(C)(C)C)[C@@H]2c2cnn(C)c2)CC1. The Bertz CT molecular complexity index is 762. The molecule has 8 nitrogen and oxygen atoms in total. The third-order valence-corrected chi connectivity index (χ3v) is 6.56. The summed E-state index contributed by atoms with van der Waals surface area (Å²) < 4.78 is 1.73. The van der Waals surface area contributed by atoms with Crippen molar-refractivity contribution < 1.29 is 9.59 Å². The first kappa shape index (κ1) is 23.7. The minimum absolute atomic E-state index is 0.0309. The minimum Gasteiger partial charge on any atom is -0.355 e. The molecule has 0 aromatic carbocycles. The van der Waals surface area contributed by atoms with Crippen LogP contribution in [0.1, 0.15) is 52.6 Å². The number of amides is 2. The number of likely N-dealkylation sites (N-methyl/N-ethyl adjacent to an activating group) is 1. The molecule has 2 fully saturated rings. The van der Waals surface area contributed by atoms with Gasteiger partial charge in [-0.3, -0.25) is 14.3 Å². The largest absolute Gasteiger partial charge is 0.355 e. The molecule has 2 amide bonds. The Labute approximate surface area is 186 Å². The summed E-state index contributed by atoms with van der Waals surface area (Å²) in [6.45, 7) is 17.6. The molecule has 2 aliphatic heterocycles. The van der Waals surface area contributed by atoms with Crippen molar-refractivity contribution in [3.8, 4) is 0 Å². The third-order valence-electron chi connectivity index (χ3n) is 6.56. The Kier molecular flexibility index (Phi) is 7.42. The van der Waals surface area contributed by atoms with Gasteiger partial charge in [-0.25, -0.2) is 0 Å². The van der Waals surface area contributed by atoms with Crippen molar-refractivity contribution in [1.29, 1.82) is 0 Å². The fraction of sp³-hybridized carbons (Fsp3) is 0.783. The van der Waals surface area contributed by atoms with Crippen LogP contribution in [0.5, 0.6) is 0 Å². The highest BCUT2D eigenvalue weighted by atomic mass is 16.2. The van der Waals surface area contributed by atoms with Crippen molar-refractivity contribution in [3.63, 3.8) is 0 Å². The van der Waals surface area contributed by atoms with Gasteiger partial charge >= 0.3 is 0 Å². The van der Waals surface area contributed by atoms with Crippen LogP contribution in [-0.4, -0.2) is 87.6 Å². The maximum atomic E-state index is 13.2. The van der Waals surface area contributed by atoms with Gasteiger partial charge in [0.25, 0.3) is 0 Å². The number of nitrogens with zero attached hydrogens (tertiary/aromatic N) is 5. The first-order chi connectivity index (χ1) is 14.6. The monoisotopic (exact) mass is 432 g/mol. The van der Waals surface area contributed by atoms with Crippen LogP contribution in [0.25, 0.3) is 0 Å². The Hall–Kier alpha value is -1.93. The molecule has 3 heterocycles. The van der Waals surface area contributed by atoms with Crippen molar-refractivity contribution in [2.45, 2.75) is 52.6 Å². The van der Waals surface area contributed by atoms with Gasteiger partial charge in [-0.05, 0) is 33.2 Å². The maximum absolute atomic E-state index is 13.2. The highest BCUT2D eigenvalue weighted by Crippen LogP contribution is 2.42. The van der Waals surface area contributed by atoms with Gasteiger partial charge in [-0.15, -0.1) is 0 Å². The van der Waals surface area contributed by atoms with E-state index in [9.17, 15) is 9.59 Å². The van der Waals surface area contributed by atoms with Gasteiger partial charge in [0.05, 0.1) is 18.2 Å². The lowest BCUT2D eigenvalue weighted by atomic mass is 9.92. The number of aryl methyl sites for hydroxylation is 1. The fourth-order valence-electron chi connectivity index (χ4n) is 4.93. The molecule has 0 bridgehead atoms. The molecule has 0 spiro atoms. The van der Waals surface area contributed by atoms with Gasteiger partial charge in [0, 0.05) is 70.0 Å². The molecule has 0 radical (unpaired) electrons. The zero-order valence-electron chi connectivity index (χ0n) is 20.1. The van der Waals surface area contributed by atoms with E-state index in [0.717, 1.165) is 44.8 Å². The third kappa shape index (κ3) is 5.66. The summed E-state index contributed by atoms with van der Waals surface area (Å²) in [5, 5.41) is 7.44. The molecule has 0 aliphatic carbocycles. The van der Waals surface area contributed by atoms with Crippen LogP contribution in [-0.2, 0) is 16.6 Å². The quantitative estimate of drug-likeness (QED) is 0.707. The van der Waals surface area contributed by atoms with E-state index in [2.05, 4.69) is 34.1 Å². The summed E-state index contributed by atoms with van der Waals surface area (Å²) in [6, 6.07) is -0.279. The fourth-order valence-corrected chi connectivity index (χ4v) is 4.93. The van der Waals surface area contributed by atoms with Gasteiger partial charge < -0.3 is 20.0 Å². The molecule has 0 saturated carbocycles. The number of carbonyl (C=O) groups is 2. The summed E-state index contributed by atoms with van der Waals surface area (Å²) in [7, 11) is 1.86. The lowest BCUT2D eigenvalue weighted by molar-refractivity contribution is -0.133. The Morgan fingerprint density at radius 1 is 1.23 bits per heavy atom. The smallest absolute Gasteiger partial charge is 0.226 e. The van der Waals surface area contributed by atoms with Gasteiger partial charge in [-0.1, -0.05) is 13.8 Å². The van der Waals surface area contributed by atoms with Crippen LogP contribution in [0, 0.1) is 11.8 Å². The van der Waals surface area contributed by atoms with Gasteiger partial charge in [0.2, 0.25) is 11.8 Å². The van der Waals surface area contributed by atoms with E-state index in [1.165, 1.54) is 0 Å². The summed E-state index contributed by atoms with van der Waals surface area (Å²) in [6.07, 6.45) is 3.94. The molecule has 1 N–H and O–H groups in total.